The van der Waals surface area contributed by atoms with Crippen LogP contribution < -0.4 is 5.32 Å². The third kappa shape index (κ3) is 7.33. The first-order chi connectivity index (χ1) is 18.4. The van der Waals surface area contributed by atoms with E-state index in [1.165, 1.54) is 18.2 Å². The number of aromatic nitrogens is 4. The topological polar surface area (TPSA) is 113 Å². The van der Waals surface area contributed by atoms with Gasteiger partial charge in [0, 0.05) is 37.1 Å². The fourth-order valence-electron chi connectivity index (χ4n) is 4.91. The van der Waals surface area contributed by atoms with Crippen molar-refractivity contribution in [3.05, 3.63) is 60.2 Å². The van der Waals surface area contributed by atoms with Gasteiger partial charge < -0.3 is 19.9 Å². The Morgan fingerprint density at radius 3 is 2.31 bits per heavy atom. The van der Waals surface area contributed by atoms with Crippen molar-refractivity contribution in [2.24, 2.45) is 11.8 Å². The SMILES string of the molecule is CC(C)(C)OC(=O)N1C[C@H]2CC(Nc3ccc(-c4cccnc4C(F)(F)F)nn3)C[C@H]2C1.O=Cc1ccc[nH]1. The highest BCUT2D eigenvalue weighted by Crippen LogP contribution is 2.40. The Morgan fingerprint density at radius 1 is 1.08 bits per heavy atom. The van der Waals surface area contributed by atoms with E-state index < -0.39 is 17.5 Å². The molecule has 0 bridgehead atoms. The van der Waals surface area contributed by atoms with Crippen molar-refractivity contribution >= 4 is 18.2 Å². The Balaban J connectivity index is 0.000000438. The van der Waals surface area contributed by atoms with E-state index in [1.54, 1.807) is 29.3 Å². The predicted molar refractivity (Wildman–Crippen MR) is 138 cm³/mol. The summed E-state index contributed by atoms with van der Waals surface area (Å²) < 4.78 is 45.1. The number of alkyl halides is 3. The number of hydrogen-bond acceptors (Lipinski definition) is 7. The summed E-state index contributed by atoms with van der Waals surface area (Å²) in [4.78, 5) is 30.1. The highest BCUT2D eigenvalue weighted by molar-refractivity contribution is 5.71. The molecule has 3 aromatic rings. The zero-order chi connectivity index (χ0) is 28.2. The first-order valence-corrected chi connectivity index (χ1v) is 12.6. The molecule has 39 heavy (non-hydrogen) atoms. The van der Waals surface area contributed by atoms with Crippen LogP contribution in [-0.2, 0) is 10.9 Å². The molecule has 0 aromatic carbocycles. The molecule has 4 heterocycles. The van der Waals surface area contributed by atoms with Crippen LogP contribution in [0.1, 0.15) is 49.8 Å². The summed E-state index contributed by atoms with van der Waals surface area (Å²) >= 11 is 0. The lowest BCUT2D eigenvalue weighted by Crippen LogP contribution is -2.36. The number of aromatic amines is 1. The van der Waals surface area contributed by atoms with Gasteiger partial charge in [0.15, 0.2) is 12.0 Å². The van der Waals surface area contributed by atoms with Crippen molar-refractivity contribution in [3.63, 3.8) is 0 Å². The van der Waals surface area contributed by atoms with Crippen LogP contribution in [0.3, 0.4) is 0 Å². The number of carbonyl (C=O) groups excluding carboxylic acids is 2. The molecule has 3 aromatic heterocycles. The van der Waals surface area contributed by atoms with E-state index in [0.29, 0.717) is 36.4 Å². The Hall–Kier alpha value is -3.96. The number of H-pyrrole nitrogens is 1. The molecule has 208 valence electrons. The Morgan fingerprint density at radius 2 is 1.79 bits per heavy atom. The van der Waals surface area contributed by atoms with E-state index in [4.69, 9.17) is 4.74 Å². The van der Waals surface area contributed by atoms with Crippen LogP contribution in [0, 0.1) is 11.8 Å². The number of nitrogens with one attached hydrogen (secondary N) is 2. The van der Waals surface area contributed by atoms with Crippen molar-refractivity contribution in [2.75, 3.05) is 18.4 Å². The third-order valence-electron chi connectivity index (χ3n) is 6.52. The lowest BCUT2D eigenvalue weighted by atomic mass is 10.0. The largest absolute Gasteiger partial charge is 0.444 e. The molecule has 1 unspecified atom stereocenters. The Bertz CT molecular complexity index is 1250. The summed E-state index contributed by atoms with van der Waals surface area (Å²) in [6, 6.07) is 9.60. The Kier molecular flexibility index (Phi) is 8.22. The van der Waals surface area contributed by atoms with Crippen LogP contribution in [0.4, 0.5) is 23.8 Å². The Labute approximate surface area is 224 Å². The number of fused-ring (bicyclic) bond motifs is 1. The molecule has 1 aliphatic carbocycles. The van der Waals surface area contributed by atoms with Gasteiger partial charge in [0.05, 0.1) is 11.4 Å². The van der Waals surface area contributed by atoms with Crippen LogP contribution >= 0.6 is 0 Å². The van der Waals surface area contributed by atoms with Gasteiger partial charge in [-0.25, -0.2) is 4.79 Å². The maximum atomic E-state index is 13.2. The van der Waals surface area contributed by atoms with E-state index in [2.05, 4.69) is 25.5 Å². The molecule has 1 aliphatic heterocycles. The first kappa shape index (κ1) is 28.1. The summed E-state index contributed by atoms with van der Waals surface area (Å²) in [5, 5.41) is 11.4. The highest BCUT2D eigenvalue weighted by Gasteiger charge is 2.43. The standard InChI is InChI=1S/C22H26F3N5O2.C5H5NO/c1-21(2,3)32-20(31)30-11-13-9-15(10-14(13)12-30)27-18-7-6-17(28-29-18)16-5-4-8-26-19(16)22(23,24)25;7-4-5-2-1-3-6-5/h4-8,13-15H,9-12H2,1-3H3,(H,27,29);1-4,6H/t13-,14+,15?;. The molecule has 2 N–H and O–H groups in total. The maximum absolute atomic E-state index is 13.2. The van der Waals surface area contributed by atoms with Gasteiger partial charge in [0.25, 0.3) is 0 Å². The van der Waals surface area contributed by atoms with Crippen LogP contribution in [0.15, 0.2) is 48.8 Å². The number of nitrogens with zero attached hydrogens (tertiary/aromatic N) is 4. The van der Waals surface area contributed by atoms with Gasteiger partial charge in [-0.15, -0.1) is 10.2 Å². The summed E-state index contributed by atoms with van der Waals surface area (Å²) in [6.45, 7) is 6.90. The normalized spacial score (nSPS) is 20.6. The molecule has 2 fully saturated rings. The number of amides is 1. The molecule has 9 nitrogen and oxygen atoms in total. The summed E-state index contributed by atoms with van der Waals surface area (Å²) in [7, 11) is 0. The molecule has 3 atom stereocenters. The molecule has 1 amide bonds. The minimum absolute atomic E-state index is 0.100. The number of pyridine rings is 1. The molecular formula is C27H31F3N6O3. The van der Waals surface area contributed by atoms with Gasteiger partial charge in [0.2, 0.25) is 0 Å². The second-order valence-electron chi connectivity index (χ2n) is 10.7. The molecule has 5 rings (SSSR count). The molecule has 12 heteroatoms. The van der Waals surface area contributed by atoms with Crippen molar-refractivity contribution in [2.45, 2.75) is 51.4 Å². The number of likely N-dealkylation sites (tertiary alicyclic amines) is 1. The molecule has 2 aliphatic rings. The number of halogens is 3. The van der Waals surface area contributed by atoms with E-state index >= 15 is 0 Å². The zero-order valence-corrected chi connectivity index (χ0v) is 21.9. The fraction of sp³-hybridized carbons (Fsp3) is 0.444. The number of anilines is 1. The molecule has 0 spiro atoms. The summed E-state index contributed by atoms with van der Waals surface area (Å²) in [6.07, 6.45) is 0.527. The number of aldehydes is 1. The first-order valence-electron chi connectivity index (χ1n) is 12.6. The lowest BCUT2D eigenvalue weighted by Gasteiger charge is -2.25. The average molecular weight is 545 g/mol. The predicted octanol–water partition coefficient (Wildman–Crippen LogP) is 5.44. The summed E-state index contributed by atoms with van der Waals surface area (Å²) in [5.74, 6) is 1.29. The van der Waals surface area contributed by atoms with E-state index in [0.717, 1.165) is 25.3 Å². The number of hydrogen-bond donors (Lipinski definition) is 2. The van der Waals surface area contributed by atoms with Gasteiger partial charge in [0.1, 0.15) is 11.4 Å². The van der Waals surface area contributed by atoms with Crippen LogP contribution in [0.5, 0.6) is 0 Å². The van der Waals surface area contributed by atoms with E-state index in [1.807, 2.05) is 20.8 Å². The molecule has 0 radical (unpaired) electrons. The van der Waals surface area contributed by atoms with Crippen LogP contribution in [-0.4, -0.2) is 62.2 Å². The summed E-state index contributed by atoms with van der Waals surface area (Å²) in [5.41, 5.74) is -0.850. The zero-order valence-electron chi connectivity index (χ0n) is 21.9. The van der Waals surface area contributed by atoms with Crippen molar-refractivity contribution in [1.29, 1.82) is 0 Å². The van der Waals surface area contributed by atoms with Gasteiger partial charge in [-0.2, -0.15) is 13.2 Å². The number of carbonyl (C=O) groups is 2. The fourth-order valence-corrected chi connectivity index (χ4v) is 4.91. The monoisotopic (exact) mass is 544 g/mol. The van der Waals surface area contributed by atoms with Gasteiger partial charge in [-0.3, -0.25) is 9.78 Å². The van der Waals surface area contributed by atoms with Crippen molar-refractivity contribution in [1.82, 2.24) is 25.1 Å². The number of rotatable bonds is 4. The highest BCUT2D eigenvalue weighted by atomic mass is 19.4. The maximum Gasteiger partial charge on any atom is 0.434 e. The quantitative estimate of drug-likeness (QED) is 0.421. The van der Waals surface area contributed by atoms with Crippen molar-refractivity contribution < 1.29 is 27.5 Å². The lowest BCUT2D eigenvalue weighted by molar-refractivity contribution is -0.140. The molecule has 1 saturated carbocycles. The number of ether oxygens (including phenoxy) is 1. The molecular weight excluding hydrogens is 513 g/mol. The van der Waals surface area contributed by atoms with Gasteiger partial charge >= 0.3 is 12.3 Å². The second-order valence-corrected chi connectivity index (χ2v) is 10.7. The van der Waals surface area contributed by atoms with E-state index in [-0.39, 0.29) is 23.4 Å². The van der Waals surface area contributed by atoms with Crippen LogP contribution in [0.25, 0.3) is 11.3 Å². The van der Waals surface area contributed by atoms with Gasteiger partial charge in [-0.05, 0) is 81.8 Å². The van der Waals surface area contributed by atoms with Crippen molar-refractivity contribution in [3.8, 4) is 11.3 Å². The third-order valence-corrected chi connectivity index (χ3v) is 6.52. The van der Waals surface area contributed by atoms with Crippen LogP contribution in [0.2, 0.25) is 0 Å². The van der Waals surface area contributed by atoms with E-state index in [9.17, 15) is 22.8 Å². The smallest absolute Gasteiger partial charge is 0.434 e. The molecule has 1 saturated heterocycles. The van der Waals surface area contributed by atoms with Gasteiger partial charge in [-0.1, -0.05) is 0 Å². The minimum atomic E-state index is -4.57. The minimum Gasteiger partial charge on any atom is -0.444 e. The second kappa shape index (κ2) is 11.4. The average Bonchev–Trinajstić information content (AvgIpc) is 3.60.